The van der Waals surface area contributed by atoms with Gasteiger partial charge in [0.25, 0.3) is 11.9 Å². The van der Waals surface area contributed by atoms with E-state index in [4.69, 9.17) is 0 Å². The van der Waals surface area contributed by atoms with Gasteiger partial charge in [0, 0.05) is 60.4 Å². The van der Waals surface area contributed by atoms with Gasteiger partial charge in [-0.1, -0.05) is 85.0 Å². The third-order valence-corrected chi connectivity index (χ3v) is 12.3. The van der Waals surface area contributed by atoms with Crippen molar-refractivity contribution in [1.82, 2.24) is 4.98 Å². The third-order valence-electron chi connectivity index (χ3n) is 11.1. The summed E-state index contributed by atoms with van der Waals surface area (Å²) in [6.07, 6.45) is 62.6. The Hall–Kier alpha value is -2.72. The number of aromatic nitrogens is 2. The number of alkyl halides is 2. The van der Waals surface area contributed by atoms with Crippen LogP contribution >= 0.6 is 31.9 Å². The second kappa shape index (κ2) is 30.4. The summed E-state index contributed by atoms with van der Waals surface area (Å²) in [6.45, 7) is 2.33. The van der Waals surface area contributed by atoms with Crippen LogP contribution in [0.3, 0.4) is 0 Å². The molecule has 0 spiro atoms. The number of unbranched alkanes of at least 4 members (excludes halogenated alkanes) is 8. The van der Waals surface area contributed by atoms with Crippen molar-refractivity contribution in [3.05, 3.63) is 132 Å². The first kappa shape index (κ1) is 46.0. The summed E-state index contributed by atoms with van der Waals surface area (Å²) >= 11 is 6.85. The maximum Gasteiger partial charge on any atom is 0.291 e. The first-order valence-electron chi connectivity index (χ1n) is 22.4. The number of hydrogen-bond donors (Lipinski definition) is 0. The molecule has 3 nitrogen and oxygen atoms in total. The highest BCUT2D eigenvalue weighted by Crippen LogP contribution is 2.23. The number of fused-ring (bicyclic) bond motifs is 3. The average Bonchev–Trinajstić information content (AvgIpc) is 3.25. The fourth-order valence-electron chi connectivity index (χ4n) is 7.93. The summed E-state index contributed by atoms with van der Waals surface area (Å²) in [6, 6.07) is 6.71. The Bertz CT molecular complexity index is 1550. The second-order valence-corrected chi connectivity index (χ2v) is 17.2. The van der Waals surface area contributed by atoms with E-state index in [1.165, 1.54) is 177 Å². The molecule has 0 bridgehead atoms. The predicted molar refractivity (Wildman–Crippen MR) is 248 cm³/mol. The molecule has 0 aromatic carbocycles. The molecule has 1 aliphatic heterocycles. The molecule has 0 N–H and O–H groups in total. The van der Waals surface area contributed by atoms with Crippen molar-refractivity contribution in [2.75, 3.05) is 17.2 Å². The van der Waals surface area contributed by atoms with Crippen LogP contribution in [0.15, 0.2) is 103 Å². The Morgan fingerprint density at radius 1 is 0.589 bits per heavy atom. The maximum absolute atomic E-state index is 4.10. The van der Waals surface area contributed by atoms with Crippen LogP contribution in [0.5, 0.6) is 0 Å². The fraction of sp³-hybridized carbons (Fsp3) is 0.549. The van der Waals surface area contributed by atoms with Crippen molar-refractivity contribution in [1.29, 1.82) is 0 Å². The molecule has 0 radical (unpaired) electrons. The van der Waals surface area contributed by atoms with Crippen LogP contribution < -0.4 is 4.57 Å². The molecule has 1 saturated carbocycles. The van der Waals surface area contributed by atoms with E-state index in [1.54, 1.807) is 17.0 Å². The van der Waals surface area contributed by atoms with E-state index in [0.29, 0.717) is 0 Å². The van der Waals surface area contributed by atoms with Crippen LogP contribution in [0.2, 0.25) is 0 Å². The largest absolute Gasteiger partial charge is 0.291 e. The second-order valence-electron chi connectivity index (χ2n) is 15.6. The smallest absolute Gasteiger partial charge is 0.264 e. The van der Waals surface area contributed by atoms with Gasteiger partial charge in [-0.3, -0.25) is 4.98 Å². The quantitative estimate of drug-likeness (QED) is 0.0426. The lowest BCUT2D eigenvalue weighted by Crippen LogP contribution is -2.40. The first-order valence-corrected chi connectivity index (χ1v) is 24.6. The molecule has 3 heterocycles. The number of pyridine rings is 2. The average molecular weight is 887 g/mol. The lowest BCUT2D eigenvalue weighted by atomic mass is 9.91. The van der Waals surface area contributed by atoms with E-state index in [2.05, 4.69) is 137 Å². The highest BCUT2D eigenvalue weighted by atomic mass is 79.9. The summed E-state index contributed by atoms with van der Waals surface area (Å²) in [4.78, 5) is 4.10. The first-order chi connectivity index (χ1) is 27.8. The zero-order chi connectivity index (χ0) is 39.1. The van der Waals surface area contributed by atoms with Crippen LogP contribution in [-0.2, 0) is 32.2 Å². The SMILES string of the molecule is BrCCCC/C=C\C=C/CCCCBr.[C+]1=C2CCCCC2=[N+](CCCC/C=C\C=C/CCCC[n+]2cccc3c2CCCC3)C=C1.c1cc2c(cn1)CCCC2. The minimum absolute atomic E-state index is 1.13. The van der Waals surface area contributed by atoms with Gasteiger partial charge in [-0.15, -0.1) is 0 Å². The zero-order valence-corrected chi connectivity index (χ0v) is 37.8. The van der Waals surface area contributed by atoms with E-state index in [-0.39, 0.29) is 0 Å². The number of allylic oxidation sites excluding steroid dienone is 11. The van der Waals surface area contributed by atoms with Crippen molar-refractivity contribution in [3.8, 4) is 0 Å². The van der Waals surface area contributed by atoms with E-state index < -0.39 is 0 Å². The van der Waals surface area contributed by atoms with Crippen LogP contribution in [0, 0.1) is 6.08 Å². The van der Waals surface area contributed by atoms with Crippen molar-refractivity contribution in [3.63, 3.8) is 0 Å². The summed E-state index contributed by atoms with van der Waals surface area (Å²) in [5.74, 6) is 0. The lowest BCUT2D eigenvalue weighted by Gasteiger charge is -2.13. The number of rotatable bonds is 20. The molecule has 0 atom stereocenters. The number of nitrogens with zero attached hydrogens (tertiary/aromatic N) is 3. The van der Waals surface area contributed by atoms with Crippen LogP contribution in [0.25, 0.3) is 0 Å². The summed E-state index contributed by atoms with van der Waals surface area (Å²) in [7, 11) is 0. The highest BCUT2D eigenvalue weighted by Gasteiger charge is 2.32. The van der Waals surface area contributed by atoms with E-state index in [1.807, 2.05) is 12.4 Å². The van der Waals surface area contributed by atoms with Crippen molar-refractivity contribution >= 4 is 37.6 Å². The molecule has 5 heteroatoms. The topological polar surface area (TPSA) is 19.8 Å². The molecule has 2 aromatic rings. The van der Waals surface area contributed by atoms with Crippen LogP contribution in [0.1, 0.15) is 151 Å². The Balaban J connectivity index is 0.000000237. The fourth-order valence-corrected chi connectivity index (χ4v) is 8.72. The van der Waals surface area contributed by atoms with Gasteiger partial charge in [0.2, 0.25) is 0 Å². The minimum Gasteiger partial charge on any atom is -0.264 e. The number of halogens is 2. The lowest BCUT2D eigenvalue weighted by molar-refractivity contribution is -0.705. The van der Waals surface area contributed by atoms with Gasteiger partial charge in [0.15, 0.2) is 30.1 Å². The monoisotopic (exact) mass is 884 g/mol. The highest BCUT2D eigenvalue weighted by molar-refractivity contribution is 9.09. The molecule has 3 aliphatic carbocycles. The van der Waals surface area contributed by atoms with Gasteiger partial charge in [0.1, 0.15) is 6.54 Å². The molecule has 56 heavy (non-hydrogen) atoms. The summed E-state index contributed by atoms with van der Waals surface area (Å²) in [5.41, 5.74) is 9.17. The molecule has 4 aliphatic rings. The zero-order valence-electron chi connectivity index (χ0n) is 34.6. The number of hydrogen-bond acceptors (Lipinski definition) is 1. The van der Waals surface area contributed by atoms with Crippen LogP contribution in [-0.4, -0.2) is 32.5 Å². The summed E-state index contributed by atoms with van der Waals surface area (Å²) < 4.78 is 5.00. The molecule has 302 valence electrons. The van der Waals surface area contributed by atoms with Crippen LogP contribution in [0.4, 0.5) is 0 Å². The minimum atomic E-state index is 1.13. The van der Waals surface area contributed by atoms with E-state index in [0.717, 1.165) is 17.2 Å². The maximum atomic E-state index is 4.10. The van der Waals surface area contributed by atoms with Gasteiger partial charge < -0.3 is 0 Å². The molecular formula is C51H72Br2N3+3. The third kappa shape index (κ3) is 18.7. The Labute approximate surface area is 359 Å². The molecule has 6 rings (SSSR count). The predicted octanol–water partition coefficient (Wildman–Crippen LogP) is 13.8. The standard InChI is InChI=1S/C30H41N2.C12H20Br2.C9H11N/c1(3-5-7-13-23-31-25-15-19-27-17-9-11-21-29(27)31)2-4-6-8-14-24-32-26-16-20-28-18-10-12-22-30(28)32;13-11-9-7-5-3-1-2-4-6-8-10-12-14;1-2-4-9-7-10-6-5-8(9)3-1/h1-4,15-16,19,25-26H,5-14,17-18,21-24H2;1-4H,5-12H2;5-7H,1-4H2/q+3;;/b2*3-1-,4-2-;. The van der Waals surface area contributed by atoms with E-state index >= 15 is 0 Å². The molecule has 0 amide bonds. The Kier molecular flexibility index (Phi) is 24.9. The van der Waals surface area contributed by atoms with Crippen molar-refractivity contribution in [2.24, 2.45) is 0 Å². The Morgan fingerprint density at radius 3 is 1.82 bits per heavy atom. The van der Waals surface area contributed by atoms with Gasteiger partial charge in [0.05, 0.1) is 12.5 Å². The molecule has 0 saturated heterocycles. The summed E-state index contributed by atoms with van der Waals surface area (Å²) in [5, 5.41) is 2.26. The molecule has 2 aromatic heterocycles. The van der Waals surface area contributed by atoms with E-state index in [9.17, 15) is 0 Å². The molecule has 1 fully saturated rings. The Morgan fingerprint density at radius 2 is 1.16 bits per heavy atom. The molecule has 0 unspecified atom stereocenters. The van der Waals surface area contributed by atoms with Gasteiger partial charge in [-0.25, -0.2) is 4.57 Å². The van der Waals surface area contributed by atoms with Gasteiger partial charge in [-0.2, -0.15) is 0 Å². The molecular weight excluding hydrogens is 814 g/mol. The normalized spacial score (nSPS) is 16.2. The van der Waals surface area contributed by atoms with Gasteiger partial charge in [-0.05, 0) is 145 Å². The number of aryl methyl sites for hydroxylation is 4. The van der Waals surface area contributed by atoms with Gasteiger partial charge >= 0.3 is 0 Å². The van der Waals surface area contributed by atoms with Crippen molar-refractivity contribution in [2.45, 2.75) is 161 Å². The van der Waals surface area contributed by atoms with Crippen molar-refractivity contribution < 1.29 is 9.14 Å².